The highest BCUT2D eigenvalue weighted by molar-refractivity contribution is 7.89. The SMILES string of the molecule is NC(=O)N(CCc1ccc(S(N)(=O)=O)cc1)c1cccc2c1C(=O)OC21c2ccc(O)cc2Oc2cc(O)ccc21. The van der Waals surface area contributed by atoms with Crippen LogP contribution in [0, 0.1) is 0 Å². The van der Waals surface area contributed by atoms with Crippen LogP contribution < -0.4 is 20.5 Å². The molecular formula is C29H23N3O8S. The highest BCUT2D eigenvalue weighted by atomic mass is 32.2. The summed E-state index contributed by atoms with van der Waals surface area (Å²) < 4.78 is 35.3. The number of benzene rings is 4. The number of primary amides is 1. The topological polar surface area (TPSA) is 182 Å². The van der Waals surface area contributed by atoms with Gasteiger partial charge in [-0.05, 0) is 54.4 Å². The molecule has 2 aliphatic rings. The summed E-state index contributed by atoms with van der Waals surface area (Å²) in [5.74, 6) is -0.400. The van der Waals surface area contributed by atoms with Gasteiger partial charge in [0, 0.05) is 35.4 Å². The van der Waals surface area contributed by atoms with Gasteiger partial charge in [0.2, 0.25) is 10.0 Å². The number of carbonyl (C=O) groups excluding carboxylic acids is 2. The van der Waals surface area contributed by atoms with Crippen molar-refractivity contribution in [2.45, 2.75) is 16.9 Å². The molecule has 12 heteroatoms. The number of carbonyl (C=O) groups is 2. The lowest BCUT2D eigenvalue weighted by molar-refractivity contribution is 0.0224. The van der Waals surface area contributed by atoms with E-state index in [0.29, 0.717) is 22.3 Å². The second-order valence-electron chi connectivity index (χ2n) is 9.66. The number of anilines is 1. The molecule has 0 radical (unpaired) electrons. The van der Waals surface area contributed by atoms with Gasteiger partial charge in [-0.3, -0.25) is 4.90 Å². The molecule has 0 atom stereocenters. The van der Waals surface area contributed by atoms with Gasteiger partial charge in [0.1, 0.15) is 23.0 Å². The first-order chi connectivity index (χ1) is 19.5. The Balaban J connectivity index is 1.45. The third kappa shape index (κ3) is 4.20. The molecule has 2 amide bonds. The van der Waals surface area contributed by atoms with E-state index in [-0.39, 0.29) is 52.1 Å². The molecule has 208 valence electrons. The fourth-order valence-electron chi connectivity index (χ4n) is 5.39. The Morgan fingerprint density at radius 3 is 2.05 bits per heavy atom. The van der Waals surface area contributed by atoms with Crippen LogP contribution in [-0.2, 0) is 26.8 Å². The van der Waals surface area contributed by atoms with Crippen LogP contribution in [0.4, 0.5) is 10.5 Å². The maximum absolute atomic E-state index is 13.6. The zero-order chi connectivity index (χ0) is 29.1. The van der Waals surface area contributed by atoms with Crippen molar-refractivity contribution < 1.29 is 37.7 Å². The van der Waals surface area contributed by atoms with Crippen LogP contribution in [0.3, 0.4) is 0 Å². The van der Waals surface area contributed by atoms with Crippen LogP contribution >= 0.6 is 0 Å². The minimum atomic E-state index is -3.85. The van der Waals surface area contributed by atoms with Gasteiger partial charge in [0.15, 0.2) is 5.60 Å². The highest BCUT2D eigenvalue weighted by Gasteiger charge is 2.54. The largest absolute Gasteiger partial charge is 0.508 e. The van der Waals surface area contributed by atoms with E-state index < -0.39 is 27.6 Å². The summed E-state index contributed by atoms with van der Waals surface area (Å²) in [7, 11) is -3.85. The molecular weight excluding hydrogens is 550 g/mol. The highest BCUT2D eigenvalue weighted by Crippen LogP contribution is 2.58. The van der Waals surface area contributed by atoms with Gasteiger partial charge in [0.25, 0.3) is 0 Å². The standard InChI is InChI=1S/C29H23N3O8S/c30-28(36)32(13-12-16-4-8-19(9-5-16)41(31,37)38)23-3-1-2-22-26(23)27(35)40-29(22)20-10-6-17(33)14-24(20)39-25-15-18(34)7-11-21(25)29/h1-11,14-15,33-34H,12-13H2,(H2,30,36)(H2,31,37,38). The van der Waals surface area contributed by atoms with E-state index in [1.165, 1.54) is 41.3 Å². The molecule has 0 aliphatic carbocycles. The summed E-state index contributed by atoms with van der Waals surface area (Å²) in [4.78, 5) is 27.5. The van der Waals surface area contributed by atoms with Crippen LogP contribution in [0.25, 0.3) is 0 Å². The van der Waals surface area contributed by atoms with Gasteiger partial charge in [0.05, 0.1) is 16.1 Å². The Morgan fingerprint density at radius 2 is 1.49 bits per heavy atom. The van der Waals surface area contributed by atoms with E-state index in [0.717, 1.165) is 0 Å². The van der Waals surface area contributed by atoms with Crippen molar-refractivity contribution in [3.05, 3.63) is 107 Å². The quantitative estimate of drug-likeness (QED) is 0.262. The number of hydrogen-bond donors (Lipinski definition) is 4. The van der Waals surface area contributed by atoms with Gasteiger partial charge in [-0.2, -0.15) is 0 Å². The average Bonchev–Trinajstić information content (AvgIpc) is 3.21. The van der Waals surface area contributed by atoms with Crippen molar-refractivity contribution in [2.75, 3.05) is 11.4 Å². The van der Waals surface area contributed by atoms with Gasteiger partial charge in [-0.25, -0.2) is 23.1 Å². The lowest BCUT2D eigenvalue weighted by atomic mass is 9.77. The molecule has 1 spiro atoms. The summed E-state index contributed by atoms with van der Waals surface area (Å²) in [6, 6.07) is 18.9. The average molecular weight is 574 g/mol. The Labute approximate surface area is 234 Å². The zero-order valence-corrected chi connectivity index (χ0v) is 22.1. The lowest BCUT2D eigenvalue weighted by Crippen LogP contribution is -2.38. The number of fused-ring (bicyclic) bond motifs is 6. The smallest absolute Gasteiger partial charge is 0.342 e. The molecule has 4 aromatic carbocycles. The van der Waals surface area contributed by atoms with E-state index in [1.54, 1.807) is 42.5 Å². The molecule has 6 N–H and O–H groups in total. The first-order valence-electron chi connectivity index (χ1n) is 12.4. The third-order valence-corrected chi connectivity index (χ3v) is 8.14. The van der Waals surface area contributed by atoms with Crippen molar-refractivity contribution in [1.29, 1.82) is 0 Å². The van der Waals surface area contributed by atoms with Crippen molar-refractivity contribution in [3.63, 3.8) is 0 Å². The molecule has 2 aliphatic heterocycles. The fraction of sp³-hybridized carbons (Fsp3) is 0.103. The van der Waals surface area contributed by atoms with Crippen molar-refractivity contribution in [2.24, 2.45) is 10.9 Å². The normalized spacial score (nSPS) is 14.4. The third-order valence-electron chi connectivity index (χ3n) is 7.21. The minimum Gasteiger partial charge on any atom is -0.508 e. The predicted molar refractivity (Wildman–Crippen MR) is 146 cm³/mol. The molecule has 0 unspecified atom stereocenters. The molecule has 2 heterocycles. The monoisotopic (exact) mass is 573 g/mol. The maximum atomic E-state index is 13.6. The second-order valence-corrected chi connectivity index (χ2v) is 11.2. The van der Waals surface area contributed by atoms with Crippen LogP contribution in [-0.4, -0.2) is 37.2 Å². The predicted octanol–water partition coefficient (Wildman–Crippen LogP) is 3.44. The minimum absolute atomic E-state index is 0.0411. The van der Waals surface area contributed by atoms with E-state index >= 15 is 0 Å². The number of esters is 1. The molecule has 0 fully saturated rings. The molecule has 4 aromatic rings. The lowest BCUT2D eigenvalue weighted by Gasteiger charge is -2.36. The first-order valence-corrected chi connectivity index (χ1v) is 13.9. The molecule has 41 heavy (non-hydrogen) atoms. The van der Waals surface area contributed by atoms with E-state index in [4.69, 9.17) is 20.3 Å². The number of sulfonamides is 1. The Bertz CT molecular complexity index is 1800. The summed E-state index contributed by atoms with van der Waals surface area (Å²) >= 11 is 0. The van der Waals surface area contributed by atoms with Crippen LogP contribution in [0.1, 0.15) is 32.6 Å². The number of nitrogens with zero attached hydrogens (tertiary/aromatic N) is 1. The van der Waals surface area contributed by atoms with Gasteiger partial charge in [-0.1, -0.05) is 24.3 Å². The molecule has 0 bridgehead atoms. The number of nitrogens with two attached hydrogens (primary N) is 2. The summed E-state index contributed by atoms with van der Waals surface area (Å²) in [5.41, 5.74) is 6.64. The Kier molecular flexibility index (Phi) is 5.90. The number of phenolic OH excluding ortho intramolecular Hbond substituents is 2. The maximum Gasteiger partial charge on any atom is 0.342 e. The number of primary sulfonamides is 1. The fourth-order valence-corrected chi connectivity index (χ4v) is 5.91. The van der Waals surface area contributed by atoms with Gasteiger partial charge in [-0.15, -0.1) is 0 Å². The number of rotatable bonds is 5. The molecule has 0 saturated heterocycles. The van der Waals surface area contributed by atoms with E-state index in [1.807, 2.05) is 0 Å². The number of ether oxygens (including phenoxy) is 2. The molecule has 11 nitrogen and oxygen atoms in total. The summed E-state index contributed by atoms with van der Waals surface area (Å²) in [6.45, 7) is 0.0683. The van der Waals surface area contributed by atoms with Crippen molar-refractivity contribution >= 4 is 27.7 Å². The van der Waals surface area contributed by atoms with Crippen molar-refractivity contribution in [1.82, 2.24) is 0 Å². The number of aromatic hydroxyl groups is 2. The van der Waals surface area contributed by atoms with Crippen LogP contribution in [0.2, 0.25) is 0 Å². The van der Waals surface area contributed by atoms with E-state index in [9.17, 15) is 28.2 Å². The van der Waals surface area contributed by atoms with Crippen LogP contribution in [0.15, 0.2) is 83.8 Å². The van der Waals surface area contributed by atoms with Gasteiger partial charge < -0.3 is 25.4 Å². The second kappa shape index (κ2) is 9.25. The first kappa shape index (κ1) is 26.2. The summed E-state index contributed by atoms with van der Waals surface area (Å²) in [5, 5.41) is 25.4. The Morgan fingerprint density at radius 1 is 0.878 bits per heavy atom. The molecule has 0 saturated carbocycles. The molecule has 6 rings (SSSR count). The number of phenols is 2. The zero-order valence-electron chi connectivity index (χ0n) is 21.3. The van der Waals surface area contributed by atoms with Gasteiger partial charge >= 0.3 is 12.0 Å². The number of hydrogen-bond acceptors (Lipinski definition) is 8. The number of urea groups is 1. The molecule has 0 aromatic heterocycles. The van der Waals surface area contributed by atoms with Crippen LogP contribution in [0.5, 0.6) is 23.0 Å². The summed E-state index contributed by atoms with van der Waals surface area (Å²) in [6.07, 6.45) is 0.287. The van der Waals surface area contributed by atoms with E-state index in [2.05, 4.69) is 0 Å². The Hall–Kier alpha value is -5.07. The van der Waals surface area contributed by atoms with Crippen molar-refractivity contribution in [3.8, 4) is 23.0 Å². The number of amides is 2.